The van der Waals surface area contributed by atoms with Crippen molar-refractivity contribution in [2.24, 2.45) is 5.92 Å². The Kier molecular flexibility index (Phi) is 3.75. The highest BCUT2D eigenvalue weighted by atomic mass is 16.3. The minimum atomic E-state index is -0.522. The molecule has 2 N–H and O–H groups in total. The summed E-state index contributed by atoms with van der Waals surface area (Å²) >= 11 is 0. The second kappa shape index (κ2) is 5.45. The Hall–Kier alpha value is -1.77. The van der Waals surface area contributed by atoms with Crippen LogP contribution in [0.2, 0.25) is 0 Å². The summed E-state index contributed by atoms with van der Waals surface area (Å²) in [6.45, 7) is 6.33. The molecular formula is C19H25NO2. The van der Waals surface area contributed by atoms with Crippen LogP contribution in [0.5, 0.6) is 0 Å². The summed E-state index contributed by atoms with van der Waals surface area (Å²) in [7, 11) is 0. The van der Waals surface area contributed by atoms with Crippen LogP contribution in [-0.2, 0) is 11.2 Å². The van der Waals surface area contributed by atoms with Gasteiger partial charge >= 0.3 is 0 Å². The minimum Gasteiger partial charge on any atom is -0.509 e. The van der Waals surface area contributed by atoms with Crippen molar-refractivity contribution < 1.29 is 9.90 Å². The van der Waals surface area contributed by atoms with Gasteiger partial charge in [0.05, 0.1) is 11.1 Å². The van der Waals surface area contributed by atoms with Gasteiger partial charge in [-0.15, -0.1) is 0 Å². The summed E-state index contributed by atoms with van der Waals surface area (Å²) in [4.78, 5) is 12.6. The Morgan fingerprint density at radius 1 is 1.32 bits per heavy atom. The van der Waals surface area contributed by atoms with E-state index >= 15 is 0 Å². The predicted molar refractivity (Wildman–Crippen MR) is 88.6 cm³/mol. The third-order valence-corrected chi connectivity index (χ3v) is 5.39. The number of hydrogen-bond donors (Lipinski definition) is 2. The average Bonchev–Trinajstić information content (AvgIpc) is 2.74. The third-order valence-electron chi connectivity index (χ3n) is 5.39. The maximum absolute atomic E-state index is 12.6. The van der Waals surface area contributed by atoms with E-state index in [0.717, 1.165) is 48.8 Å². The maximum atomic E-state index is 12.6. The molecule has 3 nitrogen and oxygen atoms in total. The molecule has 0 radical (unpaired) electrons. The highest BCUT2D eigenvalue weighted by Crippen LogP contribution is 2.43. The Labute approximate surface area is 132 Å². The molecule has 1 heterocycles. The molecule has 0 aromatic heterocycles. The second-order valence-electron chi connectivity index (χ2n) is 6.90. The molecule has 1 fully saturated rings. The van der Waals surface area contributed by atoms with Crippen LogP contribution in [0.25, 0.3) is 5.57 Å². The number of hydrogen-bond acceptors (Lipinski definition) is 2. The normalized spacial score (nSPS) is 28.3. The maximum Gasteiger partial charge on any atom is 0.256 e. The number of amides is 1. The zero-order valence-corrected chi connectivity index (χ0v) is 13.7. The molecule has 0 bridgehead atoms. The van der Waals surface area contributed by atoms with E-state index in [-0.39, 0.29) is 11.7 Å². The van der Waals surface area contributed by atoms with Crippen LogP contribution >= 0.6 is 0 Å². The molecule has 3 rings (SSSR count). The summed E-state index contributed by atoms with van der Waals surface area (Å²) in [5, 5.41) is 14.0. The minimum absolute atomic E-state index is 0.115. The molecule has 1 aliphatic heterocycles. The molecule has 1 aromatic carbocycles. The van der Waals surface area contributed by atoms with Gasteiger partial charge in [0.25, 0.3) is 5.91 Å². The smallest absolute Gasteiger partial charge is 0.256 e. The quantitative estimate of drug-likeness (QED) is 0.870. The van der Waals surface area contributed by atoms with Crippen LogP contribution in [0.1, 0.15) is 56.2 Å². The fourth-order valence-electron chi connectivity index (χ4n) is 3.92. The zero-order valence-electron chi connectivity index (χ0n) is 13.7. The van der Waals surface area contributed by atoms with Crippen LogP contribution in [0.15, 0.2) is 24.0 Å². The fraction of sp³-hybridized carbons (Fsp3) is 0.526. The number of rotatable bonds is 2. The van der Waals surface area contributed by atoms with Gasteiger partial charge in [0.2, 0.25) is 0 Å². The van der Waals surface area contributed by atoms with Crippen LogP contribution < -0.4 is 5.32 Å². The van der Waals surface area contributed by atoms with Crippen molar-refractivity contribution in [1.29, 1.82) is 0 Å². The van der Waals surface area contributed by atoms with Crippen molar-refractivity contribution in [2.75, 3.05) is 0 Å². The van der Waals surface area contributed by atoms with Crippen LogP contribution in [0.4, 0.5) is 0 Å². The van der Waals surface area contributed by atoms with Gasteiger partial charge in [-0.3, -0.25) is 4.79 Å². The first kappa shape index (κ1) is 15.1. The van der Waals surface area contributed by atoms with Gasteiger partial charge in [0.15, 0.2) is 0 Å². The topological polar surface area (TPSA) is 49.3 Å². The average molecular weight is 299 g/mol. The summed E-state index contributed by atoms with van der Waals surface area (Å²) in [6, 6.07) is 6.07. The van der Waals surface area contributed by atoms with E-state index in [1.54, 1.807) is 0 Å². The highest BCUT2D eigenvalue weighted by Gasteiger charge is 2.47. The molecule has 0 atom stereocenters. The van der Waals surface area contributed by atoms with Gasteiger partial charge in [-0.1, -0.05) is 32.0 Å². The van der Waals surface area contributed by atoms with E-state index < -0.39 is 5.54 Å². The highest BCUT2D eigenvalue weighted by molar-refractivity contribution is 6.23. The molecule has 1 aromatic rings. The van der Waals surface area contributed by atoms with Gasteiger partial charge in [0.1, 0.15) is 5.76 Å². The number of benzene rings is 1. The Balaban J connectivity index is 2.10. The van der Waals surface area contributed by atoms with Crippen LogP contribution in [0.3, 0.4) is 0 Å². The van der Waals surface area contributed by atoms with E-state index in [1.807, 2.05) is 25.1 Å². The lowest BCUT2D eigenvalue weighted by molar-refractivity contribution is -0.116. The number of carbonyl (C=O) groups excluding carboxylic acids is 1. The molecule has 2 aliphatic rings. The van der Waals surface area contributed by atoms with E-state index in [0.29, 0.717) is 11.5 Å². The molecule has 22 heavy (non-hydrogen) atoms. The second-order valence-corrected chi connectivity index (χ2v) is 6.90. The molecule has 118 valence electrons. The SMILES string of the molecule is CCc1cccc(C)c1C1=C(O)C2(CCC(C)CC2)NC1=O. The number of aliphatic hydroxyl groups is 1. The first-order valence-corrected chi connectivity index (χ1v) is 8.33. The number of aliphatic hydroxyl groups excluding tert-OH is 1. The number of nitrogens with one attached hydrogen (secondary N) is 1. The van der Waals surface area contributed by atoms with Crippen LogP contribution in [-0.4, -0.2) is 16.6 Å². The molecule has 1 aliphatic carbocycles. The summed E-state index contributed by atoms with van der Waals surface area (Å²) in [5.41, 5.74) is 3.09. The van der Waals surface area contributed by atoms with Crippen LogP contribution in [0, 0.1) is 12.8 Å². The zero-order chi connectivity index (χ0) is 15.9. The van der Waals surface area contributed by atoms with Gasteiger partial charge in [0, 0.05) is 0 Å². The van der Waals surface area contributed by atoms with Gasteiger partial charge < -0.3 is 10.4 Å². The van der Waals surface area contributed by atoms with E-state index in [1.165, 1.54) is 0 Å². The summed E-state index contributed by atoms with van der Waals surface area (Å²) < 4.78 is 0. The molecule has 1 amide bonds. The standard InChI is InChI=1S/C19H25NO2/c1-4-14-7-5-6-13(3)15(14)16-17(21)19(20-18(16)22)10-8-12(2)9-11-19/h5-7,12,21H,4,8-11H2,1-3H3,(H,20,22). The lowest BCUT2D eigenvalue weighted by atomic mass is 9.76. The Morgan fingerprint density at radius 3 is 2.64 bits per heavy atom. The van der Waals surface area contributed by atoms with Crippen molar-refractivity contribution in [3.05, 3.63) is 40.6 Å². The molecule has 1 saturated carbocycles. The van der Waals surface area contributed by atoms with Crippen molar-refractivity contribution in [3.63, 3.8) is 0 Å². The number of aryl methyl sites for hydroxylation is 2. The molecule has 0 saturated heterocycles. The summed E-state index contributed by atoms with van der Waals surface area (Å²) in [5.74, 6) is 0.827. The Bertz CT molecular complexity index is 637. The molecule has 1 spiro atoms. The monoisotopic (exact) mass is 299 g/mol. The van der Waals surface area contributed by atoms with Gasteiger partial charge in [-0.25, -0.2) is 0 Å². The predicted octanol–water partition coefficient (Wildman–Crippen LogP) is 3.91. The van der Waals surface area contributed by atoms with Crippen molar-refractivity contribution in [3.8, 4) is 0 Å². The lowest BCUT2D eigenvalue weighted by Gasteiger charge is -2.36. The van der Waals surface area contributed by atoms with Crippen molar-refractivity contribution >= 4 is 11.5 Å². The van der Waals surface area contributed by atoms with E-state index in [2.05, 4.69) is 19.2 Å². The third kappa shape index (κ3) is 2.23. The summed E-state index contributed by atoms with van der Waals surface area (Å²) in [6.07, 6.45) is 4.62. The molecular weight excluding hydrogens is 274 g/mol. The van der Waals surface area contributed by atoms with E-state index in [4.69, 9.17) is 0 Å². The molecule has 0 unspecified atom stereocenters. The van der Waals surface area contributed by atoms with E-state index in [9.17, 15) is 9.90 Å². The first-order chi connectivity index (χ1) is 10.5. The fourth-order valence-corrected chi connectivity index (χ4v) is 3.92. The largest absolute Gasteiger partial charge is 0.509 e. The number of carbonyl (C=O) groups is 1. The van der Waals surface area contributed by atoms with Crippen molar-refractivity contribution in [1.82, 2.24) is 5.32 Å². The molecule has 3 heteroatoms. The first-order valence-electron chi connectivity index (χ1n) is 8.33. The van der Waals surface area contributed by atoms with Gasteiger partial charge in [-0.2, -0.15) is 0 Å². The Morgan fingerprint density at radius 2 is 2.00 bits per heavy atom. The van der Waals surface area contributed by atoms with Gasteiger partial charge in [-0.05, 0) is 61.6 Å². The van der Waals surface area contributed by atoms with Crippen molar-refractivity contribution in [2.45, 2.75) is 58.4 Å². The lowest BCUT2D eigenvalue weighted by Crippen LogP contribution is -2.47.